The Hall–Kier alpha value is -1.07. The summed E-state index contributed by atoms with van der Waals surface area (Å²) in [7, 11) is 1.87. The Balaban J connectivity index is 2.46. The van der Waals surface area contributed by atoms with Crippen molar-refractivity contribution in [2.75, 3.05) is 25.0 Å². The van der Waals surface area contributed by atoms with Gasteiger partial charge in [0.1, 0.15) is 6.04 Å². The molecule has 0 spiro atoms. The zero-order valence-corrected chi connectivity index (χ0v) is 13.1. The Labute approximate surface area is 122 Å². The molecule has 1 aliphatic rings. The molecule has 1 saturated heterocycles. The van der Waals surface area contributed by atoms with Crippen LogP contribution in [-0.2, 0) is 4.79 Å². The predicted molar refractivity (Wildman–Crippen MR) is 81.4 cm³/mol. The normalized spacial score (nSPS) is 22.2. The van der Waals surface area contributed by atoms with Crippen LogP contribution in [0.15, 0.2) is 28.7 Å². The van der Waals surface area contributed by atoms with Crippen LogP contribution in [0.25, 0.3) is 0 Å². The number of carbonyl (C=O) groups excluding carboxylic acids is 1. The Bertz CT molecular complexity index is 476. The zero-order chi connectivity index (χ0) is 14.0. The Morgan fingerprint density at radius 3 is 2.79 bits per heavy atom. The third-order valence-electron chi connectivity index (χ3n) is 3.47. The van der Waals surface area contributed by atoms with Gasteiger partial charge in [-0.25, -0.2) is 0 Å². The number of nitrogens with one attached hydrogen (secondary N) is 2. The van der Waals surface area contributed by atoms with E-state index in [2.05, 4.69) is 45.3 Å². The van der Waals surface area contributed by atoms with Gasteiger partial charge < -0.3 is 15.5 Å². The van der Waals surface area contributed by atoms with Gasteiger partial charge in [0.05, 0.1) is 11.2 Å². The summed E-state index contributed by atoms with van der Waals surface area (Å²) in [5.74, 6) is 0.0735. The van der Waals surface area contributed by atoms with Gasteiger partial charge in [0.2, 0.25) is 5.91 Å². The largest absolute Gasteiger partial charge is 0.352 e. The van der Waals surface area contributed by atoms with Gasteiger partial charge in [0.15, 0.2) is 0 Å². The first-order chi connectivity index (χ1) is 8.97. The third kappa shape index (κ3) is 2.77. The number of hydrogen-bond acceptors (Lipinski definition) is 3. The average molecular weight is 326 g/mol. The number of hydrogen-bond donors (Lipinski definition) is 2. The fraction of sp³-hybridized carbons (Fsp3) is 0.500. The summed E-state index contributed by atoms with van der Waals surface area (Å²) in [5.41, 5.74) is 0.932. The second kappa shape index (κ2) is 5.51. The molecular formula is C14H20BrN3O. The quantitative estimate of drug-likeness (QED) is 0.890. The number of likely N-dealkylation sites (N-methyl/N-ethyl adjacent to an activating group) is 1. The Kier molecular flexibility index (Phi) is 4.16. The summed E-state index contributed by atoms with van der Waals surface area (Å²) < 4.78 is 1.01. The topological polar surface area (TPSA) is 44.4 Å². The number of amides is 1. The van der Waals surface area contributed by atoms with Crippen molar-refractivity contribution in [3.63, 3.8) is 0 Å². The molecule has 1 unspecified atom stereocenters. The molecule has 1 aliphatic heterocycles. The monoisotopic (exact) mass is 325 g/mol. The van der Waals surface area contributed by atoms with Crippen molar-refractivity contribution in [1.82, 2.24) is 10.6 Å². The standard InChI is InChI=1S/C14H20BrN3O/c1-14(2)9-17-13(19)12(8-16-3)18(14)11-7-5-4-6-10(11)15/h4-7,12,16H,8-9H2,1-3H3,(H,17,19). The molecule has 1 atom stereocenters. The third-order valence-corrected chi connectivity index (χ3v) is 4.14. The van der Waals surface area contributed by atoms with Gasteiger partial charge in [0, 0.05) is 17.6 Å². The summed E-state index contributed by atoms with van der Waals surface area (Å²) >= 11 is 3.59. The number of nitrogens with zero attached hydrogens (tertiary/aromatic N) is 1. The minimum absolute atomic E-state index is 0.0735. The summed E-state index contributed by atoms with van der Waals surface area (Å²) in [4.78, 5) is 14.4. The van der Waals surface area contributed by atoms with E-state index in [1.807, 2.05) is 31.3 Å². The van der Waals surface area contributed by atoms with E-state index < -0.39 is 0 Å². The molecule has 0 bridgehead atoms. The fourth-order valence-electron chi connectivity index (χ4n) is 2.56. The van der Waals surface area contributed by atoms with Gasteiger partial charge in [0.25, 0.3) is 0 Å². The minimum Gasteiger partial charge on any atom is -0.352 e. The lowest BCUT2D eigenvalue weighted by Gasteiger charge is -2.49. The van der Waals surface area contributed by atoms with E-state index in [1.54, 1.807) is 0 Å². The maximum absolute atomic E-state index is 12.2. The van der Waals surface area contributed by atoms with Crippen molar-refractivity contribution in [2.45, 2.75) is 25.4 Å². The second-order valence-corrected chi connectivity index (χ2v) is 6.28. The van der Waals surface area contributed by atoms with E-state index in [1.165, 1.54) is 0 Å². The first-order valence-corrected chi connectivity index (χ1v) is 7.23. The molecular weight excluding hydrogens is 306 g/mol. The van der Waals surface area contributed by atoms with E-state index in [0.717, 1.165) is 10.2 Å². The Morgan fingerprint density at radius 1 is 1.47 bits per heavy atom. The van der Waals surface area contributed by atoms with Crippen LogP contribution in [-0.4, -0.2) is 37.6 Å². The summed E-state index contributed by atoms with van der Waals surface area (Å²) in [6.07, 6.45) is 0. The van der Waals surface area contributed by atoms with Gasteiger partial charge in [-0.05, 0) is 49.0 Å². The molecule has 19 heavy (non-hydrogen) atoms. The van der Waals surface area contributed by atoms with Crippen LogP contribution in [0.4, 0.5) is 5.69 Å². The highest BCUT2D eigenvalue weighted by Crippen LogP contribution is 2.34. The number of halogens is 1. The number of rotatable bonds is 3. The van der Waals surface area contributed by atoms with Crippen LogP contribution in [0, 0.1) is 0 Å². The van der Waals surface area contributed by atoms with E-state index in [0.29, 0.717) is 13.1 Å². The highest BCUT2D eigenvalue weighted by Gasteiger charge is 2.41. The van der Waals surface area contributed by atoms with Crippen molar-refractivity contribution in [1.29, 1.82) is 0 Å². The molecule has 1 aromatic rings. The molecule has 5 heteroatoms. The molecule has 0 saturated carbocycles. The predicted octanol–water partition coefficient (Wildman–Crippen LogP) is 1.75. The lowest BCUT2D eigenvalue weighted by molar-refractivity contribution is -0.124. The maximum Gasteiger partial charge on any atom is 0.244 e. The van der Waals surface area contributed by atoms with Crippen LogP contribution < -0.4 is 15.5 Å². The van der Waals surface area contributed by atoms with Crippen LogP contribution >= 0.6 is 15.9 Å². The number of benzene rings is 1. The lowest BCUT2D eigenvalue weighted by Crippen LogP contribution is -2.68. The van der Waals surface area contributed by atoms with E-state index in [4.69, 9.17) is 0 Å². The molecule has 2 N–H and O–H groups in total. The lowest BCUT2D eigenvalue weighted by atomic mass is 9.94. The van der Waals surface area contributed by atoms with E-state index in [-0.39, 0.29) is 17.5 Å². The first-order valence-electron chi connectivity index (χ1n) is 6.43. The minimum atomic E-state index is -0.201. The molecule has 0 radical (unpaired) electrons. The highest BCUT2D eigenvalue weighted by molar-refractivity contribution is 9.10. The number of carbonyl (C=O) groups is 1. The van der Waals surface area contributed by atoms with Gasteiger partial charge in [-0.2, -0.15) is 0 Å². The Morgan fingerprint density at radius 2 is 2.16 bits per heavy atom. The van der Waals surface area contributed by atoms with Crippen molar-refractivity contribution in [2.24, 2.45) is 0 Å². The van der Waals surface area contributed by atoms with Crippen molar-refractivity contribution in [3.05, 3.63) is 28.7 Å². The highest BCUT2D eigenvalue weighted by atomic mass is 79.9. The molecule has 1 aromatic carbocycles. The van der Waals surface area contributed by atoms with Gasteiger partial charge in [-0.3, -0.25) is 4.79 Å². The molecule has 1 fully saturated rings. The van der Waals surface area contributed by atoms with Crippen LogP contribution in [0.5, 0.6) is 0 Å². The number of para-hydroxylation sites is 1. The molecule has 1 heterocycles. The summed E-state index contributed by atoms with van der Waals surface area (Å²) in [5, 5.41) is 6.10. The smallest absolute Gasteiger partial charge is 0.244 e. The SMILES string of the molecule is CNCC1C(=O)NCC(C)(C)N1c1ccccc1Br. The van der Waals surface area contributed by atoms with Crippen molar-refractivity contribution < 1.29 is 4.79 Å². The number of anilines is 1. The summed E-state index contributed by atoms with van der Waals surface area (Å²) in [6.45, 7) is 5.56. The second-order valence-electron chi connectivity index (χ2n) is 5.43. The first kappa shape index (κ1) is 14.3. The maximum atomic E-state index is 12.2. The van der Waals surface area contributed by atoms with Crippen molar-refractivity contribution >= 4 is 27.5 Å². The van der Waals surface area contributed by atoms with Crippen LogP contribution in [0.1, 0.15) is 13.8 Å². The van der Waals surface area contributed by atoms with E-state index in [9.17, 15) is 4.79 Å². The average Bonchev–Trinajstić information content (AvgIpc) is 2.36. The van der Waals surface area contributed by atoms with Crippen LogP contribution in [0.2, 0.25) is 0 Å². The van der Waals surface area contributed by atoms with Gasteiger partial charge >= 0.3 is 0 Å². The molecule has 0 aromatic heterocycles. The molecule has 104 valence electrons. The molecule has 1 amide bonds. The molecule has 0 aliphatic carbocycles. The molecule has 2 rings (SSSR count). The fourth-order valence-corrected chi connectivity index (χ4v) is 3.04. The molecule has 4 nitrogen and oxygen atoms in total. The van der Waals surface area contributed by atoms with E-state index >= 15 is 0 Å². The van der Waals surface area contributed by atoms with Crippen molar-refractivity contribution in [3.8, 4) is 0 Å². The van der Waals surface area contributed by atoms with Gasteiger partial charge in [-0.15, -0.1) is 0 Å². The number of piperazine rings is 1. The van der Waals surface area contributed by atoms with Gasteiger partial charge in [-0.1, -0.05) is 12.1 Å². The summed E-state index contributed by atoms with van der Waals surface area (Å²) in [6, 6.07) is 7.84. The zero-order valence-electron chi connectivity index (χ0n) is 11.5. The van der Waals surface area contributed by atoms with Crippen LogP contribution in [0.3, 0.4) is 0 Å².